The summed E-state index contributed by atoms with van der Waals surface area (Å²) in [6.45, 7) is 4.04. The molecule has 1 aromatic carbocycles. The molecule has 0 radical (unpaired) electrons. The summed E-state index contributed by atoms with van der Waals surface area (Å²) in [5.41, 5.74) is 2.21. The standard InChI is InChI=1S/C15H23N5O/c1-13(16-9-4-3-5-10-21-2)14-7-6-8-15(11-14)20-12-17-18-19-20/h6-8,11-13,16H,3-5,9-10H2,1-2H3. The Morgan fingerprint density at radius 3 is 2.95 bits per heavy atom. The fourth-order valence-electron chi connectivity index (χ4n) is 2.20. The molecule has 0 bridgehead atoms. The number of rotatable bonds is 9. The van der Waals surface area contributed by atoms with Gasteiger partial charge in [-0.3, -0.25) is 0 Å². The van der Waals surface area contributed by atoms with Crippen LogP contribution in [-0.2, 0) is 4.74 Å². The van der Waals surface area contributed by atoms with Crippen molar-refractivity contribution in [2.24, 2.45) is 0 Å². The van der Waals surface area contributed by atoms with Crippen LogP contribution in [0, 0.1) is 0 Å². The molecular weight excluding hydrogens is 266 g/mol. The summed E-state index contributed by atoms with van der Waals surface area (Å²) in [5.74, 6) is 0. The minimum absolute atomic E-state index is 0.309. The third kappa shape index (κ3) is 4.91. The Hall–Kier alpha value is -1.79. The van der Waals surface area contributed by atoms with E-state index in [-0.39, 0.29) is 0 Å². The Morgan fingerprint density at radius 1 is 1.29 bits per heavy atom. The summed E-state index contributed by atoms with van der Waals surface area (Å²) < 4.78 is 6.72. The van der Waals surface area contributed by atoms with E-state index < -0.39 is 0 Å². The molecule has 1 N–H and O–H groups in total. The molecule has 0 aliphatic carbocycles. The van der Waals surface area contributed by atoms with Crippen LogP contribution in [-0.4, -0.2) is 40.5 Å². The fraction of sp³-hybridized carbons (Fsp3) is 0.533. The second-order valence-electron chi connectivity index (χ2n) is 5.08. The van der Waals surface area contributed by atoms with E-state index >= 15 is 0 Å². The van der Waals surface area contributed by atoms with E-state index in [0.717, 1.165) is 25.3 Å². The van der Waals surface area contributed by atoms with E-state index in [9.17, 15) is 0 Å². The van der Waals surface area contributed by atoms with Crippen molar-refractivity contribution in [1.82, 2.24) is 25.5 Å². The maximum atomic E-state index is 5.05. The molecule has 2 aromatic rings. The van der Waals surface area contributed by atoms with Gasteiger partial charge < -0.3 is 10.1 Å². The van der Waals surface area contributed by atoms with E-state index in [1.165, 1.54) is 18.4 Å². The minimum atomic E-state index is 0.309. The van der Waals surface area contributed by atoms with Crippen molar-refractivity contribution in [2.75, 3.05) is 20.3 Å². The zero-order valence-corrected chi connectivity index (χ0v) is 12.7. The summed E-state index contributed by atoms with van der Waals surface area (Å²) in [4.78, 5) is 0. The molecule has 1 atom stereocenters. The molecule has 0 aliphatic heterocycles. The average Bonchev–Trinajstić information content (AvgIpc) is 3.05. The molecule has 114 valence electrons. The van der Waals surface area contributed by atoms with Gasteiger partial charge in [-0.15, -0.1) is 5.10 Å². The molecule has 0 saturated carbocycles. The second kappa shape index (κ2) is 8.49. The Labute approximate surface area is 125 Å². The third-order valence-corrected chi connectivity index (χ3v) is 3.46. The van der Waals surface area contributed by atoms with Gasteiger partial charge in [0, 0.05) is 19.8 Å². The summed E-state index contributed by atoms with van der Waals surface area (Å²) >= 11 is 0. The van der Waals surface area contributed by atoms with Crippen LogP contribution in [0.3, 0.4) is 0 Å². The Balaban J connectivity index is 1.82. The number of benzene rings is 1. The van der Waals surface area contributed by atoms with Gasteiger partial charge in [-0.05, 0) is 60.9 Å². The highest BCUT2D eigenvalue weighted by molar-refractivity contribution is 5.35. The zero-order chi connectivity index (χ0) is 14.9. The van der Waals surface area contributed by atoms with Crippen molar-refractivity contribution in [3.8, 4) is 5.69 Å². The Kier molecular flexibility index (Phi) is 6.30. The highest BCUT2D eigenvalue weighted by Crippen LogP contribution is 2.16. The largest absolute Gasteiger partial charge is 0.385 e. The van der Waals surface area contributed by atoms with E-state index in [2.05, 4.69) is 39.9 Å². The van der Waals surface area contributed by atoms with Crippen LogP contribution in [0.15, 0.2) is 30.6 Å². The van der Waals surface area contributed by atoms with Crippen LogP contribution < -0.4 is 5.32 Å². The maximum absolute atomic E-state index is 5.05. The normalized spacial score (nSPS) is 12.5. The number of unbranched alkanes of at least 4 members (excludes halogenated alkanes) is 2. The van der Waals surface area contributed by atoms with E-state index in [0.29, 0.717) is 6.04 Å². The molecule has 1 unspecified atom stereocenters. The lowest BCUT2D eigenvalue weighted by molar-refractivity contribution is 0.192. The number of aromatic nitrogens is 4. The summed E-state index contributed by atoms with van der Waals surface area (Å²) in [6, 6.07) is 8.57. The van der Waals surface area contributed by atoms with Crippen LogP contribution in [0.1, 0.15) is 37.8 Å². The predicted molar refractivity (Wildman–Crippen MR) is 81.3 cm³/mol. The first-order chi connectivity index (χ1) is 10.3. The highest BCUT2D eigenvalue weighted by atomic mass is 16.5. The van der Waals surface area contributed by atoms with Crippen molar-refractivity contribution in [3.63, 3.8) is 0 Å². The summed E-state index contributed by atoms with van der Waals surface area (Å²) in [7, 11) is 1.75. The molecule has 0 fully saturated rings. The van der Waals surface area contributed by atoms with E-state index in [4.69, 9.17) is 4.74 Å². The second-order valence-corrected chi connectivity index (χ2v) is 5.08. The third-order valence-electron chi connectivity index (χ3n) is 3.46. The molecule has 21 heavy (non-hydrogen) atoms. The van der Waals surface area contributed by atoms with Gasteiger partial charge in [0.1, 0.15) is 6.33 Å². The predicted octanol–water partition coefficient (Wildman–Crippen LogP) is 2.13. The van der Waals surface area contributed by atoms with Gasteiger partial charge in [0.15, 0.2) is 0 Å². The summed E-state index contributed by atoms with van der Waals surface area (Å²) in [6.07, 6.45) is 5.09. The van der Waals surface area contributed by atoms with Gasteiger partial charge in [0.05, 0.1) is 5.69 Å². The minimum Gasteiger partial charge on any atom is -0.385 e. The lowest BCUT2D eigenvalue weighted by Crippen LogP contribution is -2.20. The lowest BCUT2D eigenvalue weighted by Gasteiger charge is -2.15. The van der Waals surface area contributed by atoms with Crippen molar-refractivity contribution in [2.45, 2.75) is 32.2 Å². The van der Waals surface area contributed by atoms with Crippen LogP contribution in [0.25, 0.3) is 5.69 Å². The molecular formula is C15H23N5O. The topological polar surface area (TPSA) is 64.9 Å². The molecule has 6 nitrogen and oxygen atoms in total. The van der Waals surface area contributed by atoms with Crippen molar-refractivity contribution in [1.29, 1.82) is 0 Å². The molecule has 2 rings (SSSR count). The van der Waals surface area contributed by atoms with Crippen LogP contribution >= 0.6 is 0 Å². The lowest BCUT2D eigenvalue weighted by atomic mass is 10.1. The molecule has 0 aliphatic rings. The van der Waals surface area contributed by atoms with Gasteiger partial charge in [0.2, 0.25) is 0 Å². The van der Waals surface area contributed by atoms with Gasteiger partial charge >= 0.3 is 0 Å². The van der Waals surface area contributed by atoms with Crippen molar-refractivity contribution >= 4 is 0 Å². The number of nitrogens with zero attached hydrogens (tertiary/aromatic N) is 4. The summed E-state index contributed by atoms with van der Waals surface area (Å²) in [5, 5.41) is 14.8. The van der Waals surface area contributed by atoms with Crippen LogP contribution in [0.2, 0.25) is 0 Å². The van der Waals surface area contributed by atoms with Crippen LogP contribution in [0.5, 0.6) is 0 Å². The van der Waals surface area contributed by atoms with Crippen LogP contribution in [0.4, 0.5) is 0 Å². The first-order valence-corrected chi connectivity index (χ1v) is 7.37. The fourth-order valence-corrected chi connectivity index (χ4v) is 2.20. The van der Waals surface area contributed by atoms with Gasteiger partial charge in [0.25, 0.3) is 0 Å². The SMILES string of the molecule is COCCCCCNC(C)c1cccc(-n2cnnn2)c1. The smallest absolute Gasteiger partial charge is 0.143 e. The quantitative estimate of drug-likeness (QED) is 0.716. The zero-order valence-electron chi connectivity index (χ0n) is 12.7. The van der Waals surface area contributed by atoms with Crippen molar-refractivity contribution < 1.29 is 4.74 Å². The van der Waals surface area contributed by atoms with Gasteiger partial charge in [-0.25, -0.2) is 4.68 Å². The molecule has 1 heterocycles. The number of ether oxygens (including phenoxy) is 1. The number of nitrogens with one attached hydrogen (secondary N) is 1. The molecule has 0 spiro atoms. The maximum Gasteiger partial charge on any atom is 0.143 e. The molecule has 6 heteroatoms. The number of methoxy groups -OCH3 is 1. The van der Waals surface area contributed by atoms with E-state index in [1.807, 2.05) is 12.1 Å². The van der Waals surface area contributed by atoms with Crippen molar-refractivity contribution in [3.05, 3.63) is 36.2 Å². The van der Waals surface area contributed by atoms with Gasteiger partial charge in [-0.2, -0.15) is 0 Å². The average molecular weight is 289 g/mol. The number of tetrazole rings is 1. The number of hydrogen-bond acceptors (Lipinski definition) is 5. The Bertz CT molecular complexity index is 515. The van der Waals surface area contributed by atoms with E-state index in [1.54, 1.807) is 18.1 Å². The first-order valence-electron chi connectivity index (χ1n) is 7.37. The first kappa shape index (κ1) is 15.6. The number of hydrogen-bond donors (Lipinski definition) is 1. The van der Waals surface area contributed by atoms with Gasteiger partial charge in [-0.1, -0.05) is 12.1 Å². The molecule has 1 aromatic heterocycles. The Morgan fingerprint density at radius 2 is 2.19 bits per heavy atom. The molecule has 0 saturated heterocycles. The molecule has 0 amide bonds. The highest BCUT2D eigenvalue weighted by Gasteiger charge is 2.06. The monoisotopic (exact) mass is 289 g/mol.